The van der Waals surface area contributed by atoms with Gasteiger partial charge in [-0.3, -0.25) is 4.79 Å². The molecule has 0 radical (unpaired) electrons. The number of hydrogen-bond donors (Lipinski definition) is 3. The maximum absolute atomic E-state index is 11.9. The molecule has 5 heteroatoms. The molecule has 106 valence electrons. The topological polar surface area (TPSA) is 90.4 Å². The van der Waals surface area contributed by atoms with Gasteiger partial charge in [0.05, 0.1) is 6.04 Å². The highest BCUT2D eigenvalue weighted by Gasteiger charge is 2.19. The first-order valence-corrected chi connectivity index (χ1v) is 6.57. The fourth-order valence-corrected chi connectivity index (χ4v) is 1.55. The summed E-state index contributed by atoms with van der Waals surface area (Å²) in [6.45, 7) is 4.93. The molecule has 0 saturated carbocycles. The number of rotatable bonds is 7. The van der Waals surface area contributed by atoms with Crippen molar-refractivity contribution >= 4 is 11.6 Å². The Kier molecular flexibility index (Phi) is 6.32. The molecular formula is C14H23N3O2. The Bertz CT molecular complexity index is 392. The lowest BCUT2D eigenvalue weighted by atomic mass is 9.99. The van der Waals surface area contributed by atoms with E-state index in [0.717, 1.165) is 12.2 Å². The summed E-state index contributed by atoms with van der Waals surface area (Å²) in [7, 11) is 0. The van der Waals surface area contributed by atoms with Gasteiger partial charge in [0, 0.05) is 12.2 Å². The zero-order valence-electron chi connectivity index (χ0n) is 11.6. The van der Waals surface area contributed by atoms with Crippen LogP contribution in [0.3, 0.4) is 0 Å². The highest BCUT2D eigenvalue weighted by molar-refractivity contribution is 5.94. The largest absolute Gasteiger partial charge is 0.492 e. The number of amides is 1. The van der Waals surface area contributed by atoms with Crippen LogP contribution < -0.4 is 21.5 Å². The van der Waals surface area contributed by atoms with Gasteiger partial charge in [0.2, 0.25) is 5.91 Å². The molecule has 0 bridgehead atoms. The minimum atomic E-state index is -0.488. The summed E-state index contributed by atoms with van der Waals surface area (Å²) in [6.07, 6.45) is 0.875. The third-order valence-corrected chi connectivity index (χ3v) is 3.07. The summed E-state index contributed by atoms with van der Waals surface area (Å²) in [5.41, 5.74) is 11.9. The molecule has 0 aliphatic heterocycles. The smallest absolute Gasteiger partial charge is 0.241 e. The van der Waals surface area contributed by atoms with E-state index in [4.69, 9.17) is 16.2 Å². The van der Waals surface area contributed by atoms with Crippen molar-refractivity contribution in [1.82, 2.24) is 0 Å². The zero-order valence-corrected chi connectivity index (χ0v) is 11.6. The molecule has 0 saturated heterocycles. The predicted molar refractivity (Wildman–Crippen MR) is 77.1 cm³/mol. The quantitative estimate of drug-likeness (QED) is 0.694. The van der Waals surface area contributed by atoms with Gasteiger partial charge >= 0.3 is 0 Å². The van der Waals surface area contributed by atoms with E-state index in [9.17, 15) is 4.79 Å². The van der Waals surface area contributed by atoms with Crippen molar-refractivity contribution in [2.45, 2.75) is 26.3 Å². The molecule has 2 atom stereocenters. The molecule has 5 nitrogen and oxygen atoms in total. The lowest BCUT2D eigenvalue weighted by Crippen LogP contribution is -2.40. The first-order valence-electron chi connectivity index (χ1n) is 6.57. The van der Waals surface area contributed by atoms with Crippen LogP contribution in [0.2, 0.25) is 0 Å². The molecular weight excluding hydrogens is 242 g/mol. The Balaban J connectivity index is 2.55. The molecule has 1 aromatic carbocycles. The van der Waals surface area contributed by atoms with Crippen molar-refractivity contribution in [3.8, 4) is 5.75 Å². The van der Waals surface area contributed by atoms with Crippen molar-refractivity contribution in [3.05, 3.63) is 24.3 Å². The Morgan fingerprint density at radius 2 is 2.00 bits per heavy atom. The van der Waals surface area contributed by atoms with Crippen molar-refractivity contribution < 1.29 is 9.53 Å². The molecule has 0 spiro atoms. The van der Waals surface area contributed by atoms with Crippen molar-refractivity contribution in [1.29, 1.82) is 0 Å². The third kappa shape index (κ3) is 4.89. The number of anilines is 1. The molecule has 1 amide bonds. The number of carbonyl (C=O) groups is 1. The molecule has 0 fully saturated rings. The molecule has 0 heterocycles. The fourth-order valence-electron chi connectivity index (χ4n) is 1.55. The number of hydrogen-bond acceptors (Lipinski definition) is 4. The van der Waals surface area contributed by atoms with Crippen molar-refractivity contribution in [2.24, 2.45) is 17.4 Å². The normalized spacial score (nSPS) is 13.7. The van der Waals surface area contributed by atoms with Crippen LogP contribution in [-0.2, 0) is 4.79 Å². The molecule has 0 aliphatic rings. The number of ether oxygens (including phenoxy) is 1. The van der Waals surface area contributed by atoms with Crippen LogP contribution in [0.4, 0.5) is 5.69 Å². The van der Waals surface area contributed by atoms with E-state index in [1.54, 1.807) is 24.3 Å². The van der Waals surface area contributed by atoms with Gasteiger partial charge in [0.25, 0.3) is 0 Å². The summed E-state index contributed by atoms with van der Waals surface area (Å²) < 4.78 is 5.36. The molecule has 1 rings (SSSR count). The SMILES string of the molecule is CCC(C)C(N)C(=O)Nc1ccc(OCCN)cc1. The summed E-state index contributed by atoms with van der Waals surface area (Å²) >= 11 is 0. The summed E-state index contributed by atoms with van der Waals surface area (Å²) in [4.78, 5) is 11.9. The molecule has 19 heavy (non-hydrogen) atoms. The van der Waals surface area contributed by atoms with Gasteiger partial charge in [-0.15, -0.1) is 0 Å². The third-order valence-electron chi connectivity index (χ3n) is 3.07. The molecule has 0 aliphatic carbocycles. The average molecular weight is 265 g/mol. The number of benzene rings is 1. The summed E-state index contributed by atoms with van der Waals surface area (Å²) in [5, 5.41) is 2.80. The Labute approximate surface area is 114 Å². The lowest BCUT2D eigenvalue weighted by molar-refractivity contribution is -0.118. The standard InChI is InChI=1S/C14H23N3O2/c1-3-10(2)13(16)14(18)17-11-4-6-12(7-5-11)19-9-8-15/h4-7,10,13H,3,8-9,15-16H2,1-2H3,(H,17,18). The maximum Gasteiger partial charge on any atom is 0.241 e. The molecule has 0 aromatic heterocycles. The van der Waals surface area contributed by atoms with Crippen LogP contribution in [0.1, 0.15) is 20.3 Å². The van der Waals surface area contributed by atoms with Gasteiger partial charge in [-0.05, 0) is 30.2 Å². The fraction of sp³-hybridized carbons (Fsp3) is 0.500. The van der Waals surface area contributed by atoms with Crippen molar-refractivity contribution in [2.75, 3.05) is 18.5 Å². The zero-order chi connectivity index (χ0) is 14.3. The number of nitrogens with two attached hydrogens (primary N) is 2. The van der Waals surface area contributed by atoms with Gasteiger partial charge in [-0.2, -0.15) is 0 Å². The van der Waals surface area contributed by atoms with E-state index < -0.39 is 6.04 Å². The first-order chi connectivity index (χ1) is 9.08. The molecule has 2 unspecified atom stereocenters. The second-order valence-corrected chi connectivity index (χ2v) is 4.56. The number of nitrogens with one attached hydrogen (secondary N) is 1. The second-order valence-electron chi connectivity index (χ2n) is 4.56. The van der Waals surface area contributed by atoms with E-state index in [-0.39, 0.29) is 11.8 Å². The van der Waals surface area contributed by atoms with Gasteiger partial charge in [-0.25, -0.2) is 0 Å². The van der Waals surface area contributed by atoms with Crippen LogP contribution in [0, 0.1) is 5.92 Å². The van der Waals surface area contributed by atoms with E-state index in [0.29, 0.717) is 18.8 Å². The van der Waals surface area contributed by atoms with E-state index >= 15 is 0 Å². The average Bonchev–Trinajstić information content (AvgIpc) is 2.44. The second kappa shape index (κ2) is 7.76. The van der Waals surface area contributed by atoms with Crippen LogP contribution in [0.25, 0.3) is 0 Å². The lowest BCUT2D eigenvalue weighted by Gasteiger charge is -2.17. The van der Waals surface area contributed by atoms with E-state index in [1.165, 1.54) is 0 Å². The van der Waals surface area contributed by atoms with Gasteiger partial charge in [-0.1, -0.05) is 20.3 Å². The Morgan fingerprint density at radius 1 is 1.37 bits per heavy atom. The molecule has 5 N–H and O–H groups in total. The summed E-state index contributed by atoms with van der Waals surface area (Å²) in [6, 6.07) is 6.67. The minimum Gasteiger partial charge on any atom is -0.492 e. The predicted octanol–water partition coefficient (Wildman–Crippen LogP) is 1.34. The Hall–Kier alpha value is -1.59. The monoisotopic (exact) mass is 265 g/mol. The van der Waals surface area contributed by atoms with Crippen LogP contribution in [0.15, 0.2) is 24.3 Å². The van der Waals surface area contributed by atoms with E-state index in [1.807, 2.05) is 13.8 Å². The van der Waals surface area contributed by atoms with Gasteiger partial charge < -0.3 is 21.5 Å². The first kappa shape index (κ1) is 15.5. The van der Waals surface area contributed by atoms with Crippen LogP contribution in [0.5, 0.6) is 5.75 Å². The minimum absolute atomic E-state index is 0.159. The number of carbonyl (C=O) groups excluding carboxylic acids is 1. The van der Waals surface area contributed by atoms with Crippen LogP contribution in [-0.4, -0.2) is 25.1 Å². The van der Waals surface area contributed by atoms with Gasteiger partial charge in [0.15, 0.2) is 0 Å². The molecule has 1 aromatic rings. The highest BCUT2D eigenvalue weighted by Crippen LogP contribution is 2.16. The summed E-state index contributed by atoms with van der Waals surface area (Å²) in [5.74, 6) is 0.729. The van der Waals surface area contributed by atoms with Gasteiger partial charge in [0.1, 0.15) is 12.4 Å². The van der Waals surface area contributed by atoms with E-state index in [2.05, 4.69) is 5.32 Å². The van der Waals surface area contributed by atoms with Crippen LogP contribution >= 0.6 is 0 Å². The highest BCUT2D eigenvalue weighted by atomic mass is 16.5. The maximum atomic E-state index is 11.9. The Morgan fingerprint density at radius 3 is 2.53 bits per heavy atom. The van der Waals surface area contributed by atoms with Crippen molar-refractivity contribution in [3.63, 3.8) is 0 Å².